The molecule has 1 N–H and O–H groups in total. The normalized spacial score (nSPS) is 14.5. The van der Waals surface area contributed by atoms with E-state index < -0.39 is 0 Å². The van der Waals surface area contributed by atoms with Crippen molar-refractivity contribution < 1.29 is 0 Å². The van der Waals surface area contributed by atoms with Crippen LogP contribution in [0.3, 0.4) is 0 Å². The van der Waals surface area contributed by atoms with Crippen LogP contribution in [0.4, 0.5) is 5.82 Å². The van der Waals surface area contributed by atoms with Crippen LogP contribution in [0.2, 0.25) is 0 Å². The molecule has 0 bridgehead atoms. The van der Waals surface area contributed by atoms with E-state index in [0.717, 1.165) is 24.9 Å². The van der Waals surface area contributed by atoms with Gasteiger partial charge in [-0.15, -0.1) is 0 Å². The van der Waals surface area contributed by atoms with Gasteiger partial charge in [0, 0.05) is 32.4 Å². The third-order valence-corrected chi connectivity index (χ3v) is 4.37. The van der Waals surface area contributed by atoms with Crippen LogP contribution in [-0.2, 0) is 13.1 Å². The summed E-state index contributed by atoms with van der Waals surface area (Å²) in [7, 11) is 2.11. The standard InChI is InChI=1S/C16H21N3S/c1-12-7-14(8-17-15-3-4-15)9-18-16(12)19(2)10-13-5-6-20-11-13/h5-7,9,11,15,17H,3-4,8,10H2,1-2H3. The molecule has 0 aliphatic heterocycles. The fourth-order valence-corrected chi connectivity index (χ4v) is 3.06. The van der Waals surface area contributed by atoms with Crippen molar-refractivity contribution in [1.29, 1.82) is 0 Å². The second kappa shape index (κ2) is 5.94. The molecular weight excluding hydrogens is 266 g/mol. The van der Waals surface area contributed by atoms with E-state index in [1.165, 1.54) is 29.5 Å². The number of rotatable bonds is 6. The summed E-state index contributed by atoms with van der Waals surface area (Å²) in [6, 6.07) is 5.17. The number of hydrogen-bond acceptors (Lipinski definition) is 4. The summed E-state index contributed by atoms with van der Waals surface area (Å²) in [5.41, 5.74) is 3.87. The van der Waals surface area contributed by atoms with Crippen LogP contribution in [-0.4, -0.2) is 18.1 Å². The maximum Gasteiger partial charge on any atom is 0.131 e. The number of aromatic nitrogens is 1. The lowest BCUT2D eigenvalue weighted by Gasteiger charge is -2.20. The van der Waals surface area contributed by atoms with Crippen LogP contribution in [0, 0.1) is 6.92 Å². The molecule has 0 radical (unpaired) electrons. The Morgan fingerprint density at radius 3 is 2.90 bits per heavy atom. The zero-order chi connectivity index (χ0) is 13.9. The number of pyridine rings is 1. The van der Waals surface area contributed by atoms with E-state index in [1.54, 1.807) is 11.3 Å². The minimum atomic E-state index is 0.747. The monoisotopic (exact) mass is 287 g/mol. The first-order chi connectivity index (χ1) is 9.72. The molecule has 1 fully saturated rings. The van der Waals surface area contributed by atoms with Crippen LogP contribution >= 0.6 is 11.3 Å². The van der Waals surface area contributed by atoms with Crippen LogP contribution in [0.25, 0.3) is 0 Å². The van der Waals surface area contributed by atoms with E-state index in [9.17, 15) is 0 Å². The van der Waals surface area contributed by atoms with Gasteiger partial charge < -0.3 is 10.2 Å². The lowest BCUT2D eigenvalue weighted by atomic mass is 10.2. The zero-order valence-electron chi connectivity index (χ0n) is 12.1. The molecule has 0 spiro atoms. The highest BCUT2D eigenvalue weighted by Crippen LogP contribution is 2.22. The number of hydrogen-bond donors (Lipinski definition) is 1. The van der Waals surface area contributed by atoms with Gasteiger partial charge in [0.15, 0.2) is 0 Å². The first-order valence-corrected chi connectivity index (χ1v) is 8.08. The largest absolute Gasteiger partial charge is 0.355 e. The predicted octanol–water partition coefficient (Wildman–Crippen LogP) is 3.34. The molecule has 0 unspecified atom stereocenters. The topological polar surface area (TPSA) is 28.2 Å². The molecule has 2 aromatic rings. The van der Waals surface area contributed by atoms with Gasteiger partial charge in [-0.1, -0.05) is 0 Å². The van der Waals surface area contributed by atoms with Gasteiger partial charge in [0.05, 0.1) is 0 Å². The average molecular weight is 287 g/mol. The Bertz CT molecular complexity index is 561. The van der Waals surface area contributed by atoms with Crippen molar-refractivity contribution in [1.82, 2.24) is 10.3 Å². The Morgan fingerprint density at radius 1 is 1.40 bits per heavy atom. The summed E-state index contributed by atoms with van der Waals surface area (Å²) >= 11 is 1.74. The van der Waals surface area contributed by atoms with Crippen molar-refractivity contribution >= 4 is 17.2 Å². The SMILES string of the molecule is Cc1cc(CNC2CC2)cnc1N(C)Cc1ccsc1. The highest BCUT2D eigenvalue weighted by molar-refractivity contribution is 7.07. The fourth-order valence-electron chi connectivity index (χ4n) is 2.40. The van der Waals surface area contributed by atoms with Crippen molar-refractivity contribution in [3.05, 3.63) is 45.8 Å². The van der Waals surface area contributed by atoms with Gasteiger partial charge in [0.1, 0.15) is 5.82 Å². The third kappa shape index (κ3) is 3.38. The first kappa shape index (κ1) is 13.6. The van der Waals surface area contributed by atoms with E-state index in [-0.39, 0.29) is 0 Å². The molecule has 1 saturated carbocycles. The van der Waals surface area contributed by atoms with Crippen molar-refractivity contribution in [2.45, 2.75) is 38.9 Å². The smallest absolute Gasteiger partial charge is 0.131 e. The molecule has 3 rings (SSSR count). The van der Waals surface area contributed by atoms with Crippen molar-refractivity contribution in [3.63, 3.8) is 0 Å². The minimum Gasteiger partial charge on any atom is -0.355 e. The lowest BCUT2D eigenvalue weighted by molar-refractivity contribution is 0.685. The zero-order valence-corrected chi connectivity index (χ0v) is 12.9. The molecule has 106 valence electrons. The summed E-state index contributed by atoms with van der Waals surface area (Å²) in [6.45, 7) is 4.00. The Hall–Kier alpha value is -1.39. The predicted molar refractivity (Wildman–Crippen MR) is 85.3 cm³/mol. The quantitative estimate of drug-likeness (QED) is 0.883. The number of nitrogens with zero attached hydrogens (tertiary/aromatic N) is 2. The molecule has 1 aliphatic carbocycles. The molecule has 20 heavy (non-hydrogen) atoms. The van der Waals surface area contributed by atoms with Crippen LogP contribution in [0.5, 0.6) is 0 Å². The molecule has 0 amide bonds. The van der Waals surface area contributed by atoms with E-state index >= 15 is 0 Å². The van der Waals surface area contributed by atoms with Gasteiger partial charge >= 0.3 is 0 Å². The van der Waals surface area contributed by atoms with Gasteiger partial charge in [0.2, 0.25) is 0 Å². The highest BCUT2D eigenvalue weighted by atomic mass is 32.1. The van der Waals surface area contributed by atoms with Crippen molar-refractivity contribution in [2.24, 2.45) is 0 Å². The summed E-state index contributed by atoms with van der Waals surface area (Å²) in [5, 5.41) is 7.85. The fraction of sp³-hybridized carbons (Fsp3) is 0.438. The molecule has 2 heterocycles. The van der Waals surface area contributed by atoms with Gasteiger partial charge in [-0.3, -0.25) is 0 Å². The molecule has 4 heteroatoms. The number of nitrogens with one attached hydrogen (secondary N) is 1. The summed E-state index contributed by atoms with van der Waals surface area (Å²) in [5.74, 6) is 1.08. The first-order valence-electron chi connectivity index (χ1n) is 7.13. The van der Waals surface area contributed by atoms with E-state index in [4.69, 9.17) is 0 Å². The highest BCUT2D eigenvalue weighted by Gasteiger charge is 2.20. The van der Waals surface area contributed by atoms with Gasteiger partial charge in [0.25, 0.3) is 0 Å². The Balaban J connectivity index is 1.66. The van der Waals surface area contributed by atoms with Gasteiger partial charge in [-0.2, -0.15) is 11.3 Å². The summed E-state index contributed by atoms with van der Waals surface area (Å²) < 4.78 is 0. The maximum atomic E-state index is 4.65. The second-order valence-electron chi connectivity index (χ2n) is 5.63. The molecule has 0 saturated heterocycles. The van der Waals surface area contributed by atoms with Gasteiger partial charge in [-0.05, 0) is 59.3 Å². The molecular formula is C16H21N3S. The lowest BCUT2D eigenvalue weighted by Crippen LogP contribution is -2.19. The Morgan fingerprint density at radius 2 is 2.25 bits per heavy atom. The van der Waals surface area contributed by atoms with E-state index in [2.05, 4.69) is 52.1 Å². The maximum absolute atomic E-state index is 4.65. The third-order valence-electron chi connectivity index (χ3n) is 3.64. The molecule has 1 aliphatic rings. The molecule has 2 aromatic heterocycles. The minimum absolute atomic E-state index is 0.747. The second-order valence-corrected chi connectivity index (χ2v) is 6.41. The number of thiophene rings is 1. The van der Waals surface area contributed by atoms with Crippen LogP contribution in [0.1, 0.15) is 29.5 Å². The van der Waals surface area contributed by atoms with Crippen LogP contribution in [0.15, 0.2) is 29.1 Å². The average Bonchev–Trinajstić information content (AvgIpc) is 3.13. The Kier molecular flexibility index (Phi) is 4.03. The number of anilines is 1. The molecule has 0 atom stereocenters. The van der Waals surface area contributed by atoms with E-state index in [0.29, 0.717) is 0 Å². The van der Waals surface area contributed by atoms with Crippen molar-refractivity contribution in [3.8, 4) is 0 Å². The summed E-state index contributed by atoms with van der Waals surface area (Å²) in [4.78, 5) is 6.86. The Labute approximate surface area is 124 Å². The van der Waals surface area contributed by atoms with Crippen LogP contribution < -0.4 is 10.2 Å². The molecule has 3 nitrogen and oxygen atoms in total. The van der Waals surface area contributed by atoms with E-state index in [1.807, 2.05) is 6.20 Å². The number of aryl methyl sites for hydroxylation is 1. The molecule has 0 aromatic carbocycles. The van der Waals surface area contributed by atoms with Crippen molar-refractivity contribution in [2.75, 3.05) is 11.9 Å². The van der Waals surface area contributed by atoms with Gasteiger partial charge in [-0.25, -0.2) is 4.98 Å². The summed E-state index contributed by atoms with van der Waals surface area (Å²) in [6.07, 6.45) is 4.66.